The van der Waals surface area contributed by atoms with E-state index in [-0.39, 0.29) is 17.7 Å². The lowest BCUT2D eigenvalue weighted by molar-refractivity contribution is -0.120. The zero-order valence-electron chi connectivity index (χ0n) is 14.5. The van der Waals surface area contributed by atoms with Crippen molar-refractivity contribution in [2.75, 3.05) is 23.9 Å². The molecule has 0 fully saturated rings. The molecule has 1 aliphatic heterocycles. The van der Waals surface area contributed by atoms with E-state index in [1.807, 2.05) is 55.5 Å². The van der Waals surface area contributed by atoms with Gasteiger partial charge in [-0.2, -0.15) is 0 Å². The predicted molar refractivity (Wildman–Crippen MR) is 97.9 cm³/mol. The summed E-state index contributed by atoms with van der Waals surface area (Å²) in [6, 6.07) is 15.2. The first-order chi connectivity index (χ1) is 12.1. The molecular weight excluding hydrogens is 316 g/mol. The maximum absolute atomic E-state index is 12.8. The van der Waals surface area contributed by atoms with E-state index >= 15 is 0 Å². The summed E-state index contributed by atoms with van der Waals surface area (Å²) in [5.74, 6) is 0.511. The van der Waals surface area contributed by atoms with Crippen LogP contribution in [-0.2, 0) is 16.0 Å². The number of hydrogen-bond acceptors (Lipinski definition) is 3. The standard InChI is InChI=1S/C20H22N2O3/c1-14-13-22(18-6-4-3-5-17(18)21-20(14)24)19(23)12-9-15-7-10-16(25-2)11-8-15/h3-8,10-11,14H,9,12-13H2,1-2H3,(H,21,24)/t14-/m1/s1. The first-order valence-electron chi connectivity index (χ1n) is 8.41. The molecule has 0 saturated heterocycles. The zero-order valence-corrected chi connectivity index (χ0v) is 14.5. The average Bonchev–Trinajstić information content (AvgIpc) is 2.77. The number of nitrogens with zero attached hydrogens (tertiary/aromatic N) is 1. The normalized spacial score (nSPS) is 16.6. The topological polar surface area (TPSA) is 58.6 Å². The number of anilines is 2. The van der Waals surface area contributed by atoms with Crippen LogP contribution in [0.25, 0.3) is 0 Å². The minimum Gasteiger partial charge on any atom is -0.497 e. The van der Waals surface area contributed by atoms with Gasteiger partial charge in [-0.3, -0.25) is 9.59 Å². The van der Waals surface area contributed by atoms with Crippen LogP contribution in [0.5, 0.6) is 5.75 Å². The van der Waals surface area contributed by atoms with Crippen molar-refractivity contribution in [3.63, 3.8) is 0 Å². The van der Waals surface area contributed by atoms with E-state index in [4.69, 9.17) is 4.74 Å². The minimum absolute atomic E-state index is 0.0200. The van der Waals surface area contributed by atoms with E-state index < -0.39 is 0 Å². The molecule has 0 aromatic heterocycles. The number of amides is 2. The average molecular weight is 338 g/mol. The molecular formula is C20H22N2O3. The number of carbonyl (C=O) groups excluding carboxylic acids is 2. The van der Waals surface area contributed by atoms with Gasteiger partial charge in [-0.25, -0.2) is 0 Å². The Kier molecular flexibility index (Phi) is 5.03. The number of fused-ring (bicyclic) bond motifs is 1. The number of rotatable bonds is 4. The Morgan fingerprint density at radius 3 is 2.64 bits per heavy atom. The lowest BCUT2D eigenvalue weighted by Gasteiger charge is -2.23. The molecule has 1 atom stereocenters. The summed E-state index contributed by atoms with van der Waals surface area (Å²) in [4.78, 5) is 26.7. The van der Waals surface area contributed by atoms with E-state index in [0.717, 1.165) is 17.0 Å². The lowest BCUT2D eigenvalue weighted by Crippen LogP contribution is -2.36. The highest BCUT2D eigenvalue weighted by molar-refractivity contribution is 6.04. The van der Waals surface area contributed by atoms with Gasteiger partial charge in [0.1, 0.15) is 5.75 Å². The number of methoxy groups -OCH3 is 1. The number of hydrogen-bond donors (Lipinski definition) is 1. The Morgan fingerprint density at radius 1 is 1.20 bits per heavy atom. The van der Waals surface area contributed by atoms with Gasteiger partial charge in [0, 0.05) is 13.0 Å². The molecule has 0 aliphatic carbocycles. The van der Waals surface area contributed by atoms with Crippen molar-refractivity contribution < 1.29 is 14.3 Å². The third kappa shape index (κ3) is 3.82. The second-order valence-electron chi connectivity index (χ2n) is 6.26. The van der Waals surface area contributed by atoms with Crippen molar-refractivity contribution in [3.05, 3.63) is 54.1 Å². The zero-order chi connectivity index (χ0) is 17.8. The summed E-state index contributed by atoms with van der Waals surface area (Å²) < 4.78 is 5.15. The van der Waals surface area contributed by atoms with Crippen LogP contribution in [0.4, 0.5) is 11.4 Å². The smallest absolute Gasteiger partial charge is 0.229 e. The highest BCUT2D eigenvalue weighted by Gasteiger charge is 2.28. The molecule has 1 N–H and O–H groups in total. The molecule has 0 saturated carbocycles. The fourth-order valence-corrected chi connectivity index (χ4v) is 2.94. The van der Waals surface area contributed by atoms with Crippen molar-refractivity contribution in [1.82, 2.24) is 0 Å². The Balaban J connectivity index is 1.74. The molecule has 0 bridgehead atoms. The molecule has 130 valence electrons. The van der Waals surface area contributed by atoms with Crippen LogP contribution in [0.15, 0.2) is 48.5 Å². The highest BCUT2D eigenvalue weighted by Crippen LogP contribution is 2.30. The van der Waals surface area contributed by atoms with E-state index in [1.165, 1.54) is 0 Å². The number of carbonyl (C=O) groups is 2. The van der Waals surface area contributed by atoms with E-state index in [1.54, 1.807) is 12.0 Å². The monoisotopic (exact) mass is 338 g/mol. The van der Waals surface area contributed by atoms with Gasteiger partial charge >= 0.3 is 0 Å². The van der Waals surface area contributed by atoms with Crippen LogP contribution in [0.1, 0.15) is 18.9 Å². The summed E-state index contributed by atoms with van der Waals surface area (Å²) in [6.45, 7) is 2.23. The Labute approximate surface area is 147 Å². The summed E-state index contributed by atoms with van der Waals surface area (Å²) in [6.07, 6.45) is 1.04. The predicted octanol–water partition coefficient (Wildman–Crippen LogP) is 3.25. The Hall–Kier alpha value is -2.82. The maximum atomic E-state index is 12.8. The number of aryl methyl sites for hydroxylation is 1. The number of nitrogens with one attached hydrogen (secondary N) is 1. The molecule has 2 aromatic carbocycles. The van der Waals surface area contributed by atoms with Crippen LogP contribution < -0.4 is 15.0 Å². The summed E-state index contributed by atoms with van der Waals surface area (Å²) in [7, 11) is 1.63. The van der Waals surface area contributed by atoms with Crippen LogP contribution in [0.3, 0.4) is 0 Å². The van der Waals surface area contributed by atoms with Crippen molar-refractivity contribution >= 4 is 23.2 Å². The molecule has 0 unspecified atom stereocenters. The third-order valence-electron chi connectivity index (χ3n) is 4.44. The Morgan fingerprint density at radius 2 is 1.92 bits per heavy atom. The molecule has 5 heteroatoms. The fourth-order valence-electron chi connectivity index (χ4n) is 2.94. The van der Waals surface area contributed by atoms with Crippen molar-refractivity contribution in [2.24, 2.45) is 5.92 Å². The molecule has 1 aliphatic rings. The fraction of sp³-hybridized carbons (Fsp3) is 0.300. The van der Waals surface area contributed by atoms with E-state index in [2.05, 4.69) is 5.32 Å². The summed E-state index contributed by atoms with van der Waals surface area (Å²) in [5.41, 5.74) is 2.54. The Bertz CT molecular complexity index is 771. The summed E-state index contributed by atoms with van der Waals surface area (Å²) in [5, 5.41) is 2.90. The highest BCUT2D eigenvalue weighted by atomic mass is 16.5. The molecule has 2 amide bonds. The second-order valence-corrected chi connectivity index (χ2v) is 6.26. The SMILES string of the molecule is COc1ccc(CCC(=O)N2C[C@@H](C)C(=O)Nc3ccccc32)cc1. The van der Waals surface area contributed by atoms with Gasteiger partial charge in [0.2, 0.25) is 11.8 Å². The first-order valence-corrected chi connectivity index (χ1v) is 8.41. The van der Waals surface area contributed by atoms with Crippen molar-refractivity contribution in [2.45, 2.75) is 19.8 Å². The van der Waals surface area contributed by atoms with Gasteiger partial charge in [0.25, 0.3) is 0 Å². The number of ether oxygens (including phenoxy) is 1. The van der Waals surface area contributed by atoms with E-state index in [9.17, 15) is 9.59 Å². The van der Waals surface area contributed by atoms with Gasteiger partial charge in [-0.05, 0) is 36.2 Å². The quantitative estimate of drug-likeness (QED) is 0.931. The minimum atomic E-state index is -0.252. The lowest BCUT2D eigenvalue weighted by atomic mass is 10.1. The second kappa shape index (κ2) is 7.38. The molecule has 1 heterocycles. The number of benzene rings is 2. The third-order valence-corrected chi connectivity index (χ3v) is 4.44. The number of para-hydroxylation sites is 2. The van der Waals surface area contributed by atoms with Gasteiger partial charge in [0.15, 0.2) is 0 Å². The molecule has 0 radical (unpaired) electrons. The molecule has 5 nitrogen and oxygen atoms in total. The van der Waals surface area contributed by atoms with Crippen molar-refractivity contribution in [1.29, 1.82) is 0 Å². The first kappa shape index (κ1) is 17.0. The maximum Gasteiger partial charge on any atom is 0.229 e. The van der Waals surface area contributed by atoms with Crippen LogP contribution >= 0.6 is 0 Å². The van der Waals surface area contributed by atoms with Gasteiger partial charge in [-0.1, -0.05) is 31.2 Å². The largest absolute Gasteiger partial charge is 0.497 e. The van der Waals surface area contributed by atoms with Gasteiger partial charge in [-0.15, -0.1) is 0 Å². The molecule has 3 rings (SSSR count). The molecule has 25 heavy (non-hydrogen) atoms. The van der Waals surface area contributed by atoms with Gasteiger partial charge in [0.05, 0.1) is 24.4 Å². The van der Waals surface area contributed by atoms with Crippen LogP contribution in [0, 0.1) is 5.92 Å². The van der Waals surface area contributed by atoms with Gasteiger partial charge < -0.3 is 15.0 Å². The molecule has 0 spiro atoms. The van der Waals surface area contributed by atoms with Crippen molar-refractivity contribution in [3.8, 4) is 5.75 Å². The summed E-state index contributed by atoms with van der Waals surface area (Å²) >= 11 is 0. The van der Waals surface area contributed by atoms with Crippen LogP contribution in [0.2, 0.25) is 0 Å². The molecule has 2 aromatic rings. The van der Waals surface area contributed by atoms with E-state index in [0.29, 0.717) is 25.1 Å². The van der Waals surface area contributed by atoms with Crippen LogP contribution in [-0.4, -0.2) is 25.5 Å².